The topological polar surface area (TPSA) is 58.8 Å². The van der Waals surface area contributed by atoms with Crippen LogP contribution in [0.15, 0.2) is 34.9 Å². The number of halogens is 1. The highest BCUT2D eigenvalue weighted by molar-refractivity contribution is 7.22. The van der Waals surface area contributed by atoms with E-state index in [9.17, 15) is 4.79 Å². The average Bonchev–Trinajstić information content (AvgIpc) is 3.39. The van der Waals surface area contributed by atoms with Crippen molar-refractivity contribution in [1.82, 2.24) is 9.88 Å². The van der Waals surface area contributed by atoms with E-state index in [-0.39, 0.29) is 18.3 Å². The summed E-state index contributed by atoms with van der Waals surface area (Å²) in [6.45, 7) is 9.18. The number of rotatable bonds is 6. The van der Waals surface area contributed by atoms with E-state index in [1.165, 1.54) is 17.4 Å². The van der Waals surface area contributed by atoms with Crippen molar-refractivity contribution in [2.75, 3.05) is 44.3 Å². The second-order valence-corrected chi connectivity index (χ2v) is 8.10. The Bertz CT molecular complexity index is 952. The summed E-state index contributed by atoms with van der Waals surface area (Å²) in [4.78, 5) is 22.0. The molecule has 1 saturated heterocycles. The molecule has 4 rings (SSSR count). The zero-order chi connectivity index (χ0) is 19.5. The lowest BCUT2D eigenvalue weighted by atomic mass is 10.1. The monoisotopic (exact) mass is 435 g/mol. The Labute approximate surface area is 180 Å². The number of thiazole rings is 1. The highest BCUT2D eigenvalue weighted by Gasteiger charge is 2.24. The number of furan rings is 1. The first-order chi connectivity index (χ1) is 13.6. The van der Waals surface area contributed by atoms with Crippen LogP contribution in [-0.2, 0) is 4.74 Å². The van der Waals surface area contributed by atoms with Gasteiger partial charge in [0.05, 0.1) is 29.7 Å². The summed E-state index contributed by atoms with van der Waals surface area (Å²) in [6, 6.07) is 7.64. The Morgan fingerprint density at radius 2 is 2.03 bits per heavy atom. The molecule has 1 aliphatic rings. The van der Waals surface area contributed by atoms with Gasteiger partial charge in [-0.15, -0.1) is 12.4 Å². The number of hydrogen-bond acceptors (Lipinski definition) is 6. The minimum Gasteiger partial charge on any atom is -0.459 e. The molecule has 29 heavy (non-hydrogen) atoms. The molecule has 0 radical (unpaired) electrons. The number of anilines is 1. The third-order valence-corrected chi connectivity index (χ3v) is 6.28. The van der Waals surface area contributed by atoms with Crippen LogP contribution in [0.4, 0.5) is 5.13 Å². The summed E-state index contributed by atoms with van der Waals surface area (Å²) in [5, 5.41) is 0.729. The van der Waals surface area contributed by atoms with Gasteiger partial charge in [-0.05, 0) is 49.6 Å². The lowest BCUT2D eigenvalue weighted by Gasteiger charge is -2.27. The standard InChI is InChI=1S/C21H25N3O3S.ClH/c1-15-6-7-18-19(16(15)2)22-21(28-18)24(20(25)17-5-3-12-27-17)9-4-8-23-10-13-26-14-11-23;/h3,5-7,12H,4,8-11,13-14H2,1-2H3;1H. The quantitative estimate of drug-likeness (QED) is 0.577. The van der Waals surface area contributed by atoms with E-state index < -0.39 is 0 Å². The number of aromatic nitrogens is 1. The molecule has 0 unspecified atom stereocenters. The van der Waals surface area contributed by atoms with E-state index in [2.05, 4.69) is 30.9 Å². The van der Waals surface area contributed by atoms with Crippen molar-refractivity contribution < 1.29 is 13.9 Å². The van der Waals surface area contributed by atoms with Crippen molar-refractivity contribution in [2.45, 2.75) is 20.3 Å². The summed E-state index contributed by atoms with van der Waals surface area (Å²) in [6.07, 6.45) is 2.41. The maximum absolute atomic E-state index is 13.1. The van der Waals surface area contributed by atoms with E-state index in [1.54, 1.807) is 28.4 Å². The van der Waals surface area contributed by atoms with Gasteiger partial charge in [-0.2, -0.15) is 0 Å². The van der Waals surface area contributed by atoms with E-state index in [0.29, 0.717) is 12.3 Å². The molecule has 0 spiro atoms. The van der Waals surface area contributed by atoms with Gasteiger partial charge in [0.25, 0.3) is 5.91 Å². The maximum Gasteiger partial charge on any atom is 0.295 e. The van der Waals surface area contributed by atoms with Crippen LogP contribution in [0, 0.1) is 13.8 Å². The Hall–Kier alpha value is -1.93. The van der Waals surface area contributed by atoms with Gasteiger partial charge < -0.3 is 9.15 Å². The Morgan fingerprint density at radius 3 is 2.76 bits per heavy atom. The average molecular weight is 436 g/mol. The molecule has 1 fully saturated rings. The van der Waals surface area contributed by atoms with Gasteiger partial charge in [0.2, 0.25) is 0 Å². The van der Waals surface area contributed by atoms with Crippen LogP contribution < -0.4 is 4.90 Å². The lowest BCUT2D eigenvalue weighted by Crippen LogP contribution is -2.39. The minimum absolute atomic E-state index is 0. The predicted octanol–water partition coefficient (Wildman–Crippen LogP) is 4.30. The number of nitrogens with zero attached hydrogens (tertiary/aromatic N) is 3. The fourth-order valence-corrected chi connectivity index (χ4v) is 4.47. The molecule has 2 aromatic heterocycles. The Balaban J connectivity index is 0.00000240. The summed E-state index contributed by atoms with van der Waals surface area (Å²) < 4.78 is 11.9. The molecule has 6 nitrogen and oxygen atoms in total. The van der Waals surface area contributed by atoms with Crippen LogP contribution in [0.5, 0.6) is 0 Å². The van der Waals surface area contributed by atoms with Crippen molar-refractivity contribution in [1.29, 1.82) is 0 Å². The SMILES string of the molecule is Cc1ccc2sc(N(CCCN3CCOCC3)C(=O)c3ccco3)nc2c1C.Cl. The van der Waals surface area contributed by atoms with Crippen molar-refractivity contribution in [3.8, 4) is 0 Å². The van der Waals surface area contributed by atoms with Crippen LogP contribution in [0.2, 0.25) is 0 Å². The molecule has 0 aliphatic carbocycles. The fraction of sp³-hybridized carbons (Fsp3) is 0.429. The number of hydrogen-bond donors (Lipinski definition) is 0. The van der Waals surface area contributed by atoms with E-state index in [4.69, 9.17) is 14.1 Å². The van der Waals surface area contributed by atoms with Crippen molar-refractivity contribution in [3.63, 3.8) is 0 Å². The third-order valence-electron chi connectivity index (χ3n) is 5.24. The van der Waals surface area contributed by atoms with Crippen LogP contribution in [0.25, 0.3) is 10.2 Å². The van der Waals surface area contributed by atoms with Gasteiger partial charge in [-0.3, -0.25) is 14.6 Å². The van der Waals surface area contributed by atoms with Crippen LogP contribution in [-0.4, -0.2) is 55.2 Å². The van der Waals surface area contributed by atoms with E-state index in [1.807, 2.05) is 0 Å². The first-order valence-corrected chi connectivity index (χ1v) is 10.5. The van der Waals surface area contributed by atoms with Crippen LogP contribution in [0.1, 0.15) is 28.1 Å². The van der Waals surface area contributed by atoms with Crippen molar-refractivity contribution in [2.24, 2.45) is 0 Å². The molecule has 8 heteroatoms. The van der Waals surface area contributed by atoms with Gasteiger partial charge in [-0.25, -0.2) is 4.98 Å². The molecule has 1 aliphatic heterocycles. The van der Waals surface area contributed by atoms with Gasteiger partial charge in [0.1, 0.15) is 0 Å². The highest BCUT2D eigenvalue weighted by atomic mass is 35.5. The minimum atomic E-state index is -0.139. The number of aryl methyl sites for hydroxylation is 2. The second kappa shape index (κ2) is 9.71. The zero-order valence-corrected chi connectivity index (χ0v) is 18.4. The van der Waals surface area contributed by atoms with Crippen molar-refractivity contribution in [3.05, 3.63) is 47.4 Å². The summed E-state index contributed by atoms with van der Waals surface area (Å²) in [7, 11) is 0. The van der Waals surface area contributed by atoms with Crippen molar-refractivity contribution >= 4 is 45.0 Å². The van der Waals surface area contributed by atoms with Gasteiger partial charge >= 0.3 is 0 Å². The summed E-state index contributed by atoms with van der Waals surface area (Å²) >= 11 is 1.56. The molecule has 0 saturated carbocycles. The molecule has 3 aromatic rings. The normalized spacial score (nSPS) is 14.7. The number of fused-ring (bicyclic) bond motifs is 1. The summed E-state index contributed by atoms with van der Waals surface area (Å²) in [5.41, 5.74) is 3.35. The Kier molecular flexibility index (Phi) is 7.29. The molecule has 1 aromatic carbocycles. The molecule has 0 atom stereocenters. The summed E-state index contributed by atoms with van der Waals surface area (Å²) in [5.74, 6) is 0.207. The number of amides is 1. The maximum atomic E-state index is 13.1. The third kappa shape index (κ3) is 4.80. The van der Waals surface area contributed by atoms with Crippen LogP contribution in [0.3, 0.4) is 0 Å². The highest BCUT2D eigenvalue weighted by Crippen LogP contribution is 2.32. The number of carbonyl (C=O) groups is 1. The number of carbonyl (C=O) groups excluding carboxylic acids is 1. The smallest absolute Gasteiger partial charge is 0.295 e. The number of morpholine rings is 1. The second-order valence-electron chi connectivity index (χ2n) is 7.09. The van der Waals surface area contributed by atoms with Gasteiger partial charge in [0.15, 0.2) is 10.9 Å². The molecule has 0 bridgehead atoms. The van der Waals surface area contributed by atoms with Gasteiger partial charge in [-0.1, -0.05) is 17.4 Å². The molecular weight excluding hydrogens is 410 g/mol. The zero-order valence-electron chi connectivity index (χ0n) is 16.7. The first kappa shape index (κ1) is 21.8. The van der Waals surface area contributed by atoms with E-state index in [0.717, 1.165) is 54.6 Å². The molecule has 0 N–H and O–H groups in total. The fourth-order valence-electron chi connectivity index (χ4n) is 3.42. The Morgan fingerprint density at radius 1 is 1.24 bits per heavy atom. The lowest BCUT2D eigenvalue weighted by molar-refractivity contribution is 0.0376. The number of benzene rings is 1. The predicted molar refractivity (Wildman–Crippen MR) is 119 cm³/mol. The first-order valence-electron chi connectivity index (χ1n) is 9.65. The van der Waals surface area contributed by atoms with E-state index >= 15 is 0 Å². The van der Waals surface area contributed by atoms with Crippen LogP contribution >= 0.6 is 23.7 Å². The molecule has 156 valence electrons. The molecule has 1 amide bonds. The molecular formula is C21H26ClN3O3S. The largest absolute Gasteiger partial charge is 0.459 e. The number of ether oxygens (including phenoxy) is 1. The van der Waals surface area contributed by atoms with Gasteiger partial charge in [0, 0.05) is 26.2 Å². The molecule has 3 heterocycles.